The van der Waals surface area contributed by atoms with Gasteiger partial charge in [-0.25, -0.2) is 4.98 Å². The molecule has 1 aromatic rings. The summed E-state index contributed by atoms with van der Waals surface area (Å²) in [5, 5.41) is 0.683. The van der Waals surface area contributed by atoms with Crippen LogP contribution in [0.5, 0.6) is 0 Å². The summed E-state index contributed by atoms with van der Waals surface area (Å²) in [7, 11) is 0. The van der Waals surface area contributed by atoms with Gasteiger partial charge in [0.2, 0.25) is 0 Å². The van der Waals surface area contributed by atoms with Crippen LogP contribution >= 0.6 is 23.7 Å². The molecular weight excluding hydrogens is 242 g/mol. The van der Waals surface area contributed by atoms with Gasteiger partial charge >= 0.3 is 0 Å². The number of halogens is 1. The van der Waals surface area contributed by atoms with Gasteiger partial charge in [-0.3, -0.25) is 4.90 Å². The van der Waals surface area contributed by atoms with Gasteiger partial charge in [-0.15, -0.1) is 23.7 Å². The first kappa shape index (κ1) is 13.7. The van der Waals surface area contributed by atoms with Crippen LogP contribution in [0.3, 0.4) is 0 Å². The number of hydrogen-bond acceptors (Lipinski definition) is 4. The van der Waals surface area contributed by atoms with Crippen molar-refractivity contribution in [2.24, 2.45) is 0 Å². The molecule has 0 unspecified atom stereocenters. The highest BCUT2D eigenvalue weighted by Crippen LogP contribution is 2.29. The van der Waals surface area contributed by atoms with Gasteiger partial charge in [-0.1, -0.05) is 6.42 Å². The van der Waals surface area contributed by atoms with Crippen molar-refractivity contribution in [2.75, 3.05) is 5.73 Å². The Morgan fingerprint density at radius 2 is 2.25 bits per heavy atom. The number of anilines is 1. The van der Waals surface area contributed by atoms with Gasteiger partial charge in [-0.2, -0.15) is 0 Å². The highest BCUT2D eigenvalue weighted by atomic mass is 35.5. The second-order valence-corrected chi connectivity index (χ2v) is 5.66. The zero-order chi connectivity index (χ0) is 10.8. The lowest BCUT2D eigenvalue weighted by Gasteiger charge is -2.40. The van der Waals surface area contributed by atoms with Crippen LogP contribution in [0.4, 0.5) is 5.13 Å². The normalized spacial score (nSPS) is 16.2. The molecule has 0 saturated heterocycles. The minimum Gasteiger partial charge on any atom is -0.375 e. The van der Waals surface area contributed by atoms with Crippen LogP contribution in [0.1, 0.15) is 38.0 Å². The molecule has 1 saturated carbocycles. The minimum atomic E-state index is 0. The summed E-state index contributed by atoms with van der Waals surface area (Å²) < 4.78 is 0. The number of aromatic nitrogens is 1. The lowest BCUT2D eigenvalue weighted by molar-refractivity contribution is 0.0876. The molecule has 92 valence electrons. The largest absolute Gasteiger partial charge is 0.375 e. The van der Waals surface area contributed by atoms with E-state index in [-0.39, 0.29) is 12.4 Å². The second-order valence-electron chi connectivity index (χ2n) is 4.52. The second kappa shape index (κ2) is 5.84. The zero-order valence-corrected chi connectivity index (χ0v) is 11.5. The van der Waals surface area contributed by atoms with E-state index in [9.17, 15) is 0 Å². The van der Waals surface area contributed by atoms with Crippen LogP contribution in [0.25, 0.3) is 0 Å². The molecule has 0 radical (unpaired) electrons. The Morgan fingerprint density at radius 1 is 1.56 bits per heavy atom. The van der Waals surface area contributed by atoms with E-state index in [1.807, 2.05) is 6.20 Å². The van der Waals surface area contributed by atoms with E-state index in [1.165, 1.54) is 24.1 Å². The van der Waals surface area contributed by atoms with Gasteiger partial charge in [0, 0.05) is 29.7 Å². The van der Waals surface area contributed by atoms with Gasteiger partial charge in [-0.05, 0) is 26.7 Å². The maximum Gasteiger partial charge on any atom is 0.180 e. The Bertz CT molecular complexity index is 323. The van der Waals surface area contributed by atoms with E-state index in [0.717, 1.165) is 12.6 Å². The van der Waals surface area contributed by atoms with Crippen LogP contribution in [0.2, 0.25) is 0 Å². The summed E-state index contributed by atoms with van der Waals surface area (Å²) in [6.45, 7) is 5.54. The third-order valence-electron chi connectivity index (χ3n) is 3.12. The molecule has 2 N–H and O–H groups in total. The highest BCUT2D eigenvalue weighted by Gasteiger charge is 2.27. The molecule has 2 rings (SSSR count). The number of rotatable bonds is 4. The van der Waals surface area contributed by atoms with Gasteiger partial charge in [0.25, 0.3) is 0 Å². The number of nitrogens with zero attached hydrogens (tertiary/aromatic N) is 2. The number of nitrogen functional groups attached to an aromatic ring is 1. The summed E-state index contributed by atoms with van der Waals surface area (Å²) in [5.74, 6) is 0. The predicted octanol–water partition coefficient (Wildman–Crippen LogP) is 2.91. The number of nitrogens with two attached hydrogens (primary N) is 1. The minimum absolute atomic E-state index is 0. The van der Waals surface area contributed by atoms with E-state index >= 15 is 0 Å². The van der Waals surface area contributed by atoms with Gasteiger partial charge < -0.3 is 5.73 Å². The van der Waals surface area contributed by atoms with Crippen molar-refractivity contribution in [2.45, 2.75) is 51.7 Å². The standard InChI is InChI=1S/C11H19N3S.ClH/c1-8(2)14(9-4-3-5-9)7-10-6-13-11(12)15-10;/h6,8-9H,3-5,7H2,1-2H3,(H2,12,13);1H. The first-order chi connectivity index (χ1) is 7.16. The Labute approximate surface area is 107 Å². The SMILES string of the molecule is CC(C)N(Cc1cnc(N)s1)C1CCC1.Cl. The molecule has 0 aromatic carbocycles. The molecule has 0 bridgehead atoms. The summed E-state index contributed by atoms with van der Waals surface area (Å²) >= 11 is 1.61. The van der Waals surface area contributed by atoms with Crippen molar-refractivity contribution in [3.8, 4) is 0 Å². The smallest absolute Gasteiger partial charge is 0.180 e. The van der Waals surface area contributed by atoms with E-state index in [2.05, 4.69) is 23.7 Å². The van der Waals surface area contributed by atoms with Crippen LogP contribution in [0.15, 0.2) is 6.20 Å². The average molecular weight is 262 g/mol. The van der Waals surface area contributed by atoms with Gasteiger partial charge in [0.1, 0.15) is 0 Å². The molecule has 1 aromatic heterocycles. The Morgan fingerprint density at radius 3 is 2.62 bits per heavy atom. The van der Waals surface area contributed by atoms with Crippen molar-refractivity contribution in [3.63, 3.8) is 0 Å². The predicted molar refractivity (Wildman–Crippen MR) is 72.1 cm³/mol. The first-order valence-electron chi connectivity index (χ1n) is 5.62. The van der Waals surface area contributed by atoms with Crippen LogP contribution in [-0.4, -0.2) is 22.0 Å². The molecule has 5 heteroatoms. The molecule has 3 nitrogen and oxygen atoms in total. The summed E-state index contributed by atoms with van der Waals surface area (Å²) in [5.41, 5.74) is 5.64. The highest BCUT2D eigenvalue weighted by molar-refractivity contribution is 7.15. The van der Waals surface area contributed by atoms with E-state index in [1.54, 1.807) is 11.3 Å². The van der Waals surface area contributed by atoms with Gasteiger partial charge in [0.15, 0.2) is 5.13 Å². The van der Waals surface area contributed by atoms with E-state index in [0.29, 0.717) is 11.2 Å². The van der Waals surface area contributed by atoms with E-state index in [4.69, 9.17) is 5.73 Å². The van der Waals surface area contributed by atoms with Crippen molar-refractivity contribution in [3.05, 3.63) is 11.1 Å². The summed E-state index contributed by atoms with van der Waals surface area (Å²) in [6.07, 6.45) is 6.01. The number of thiazole rings is 1. The summed E-state index contributed by atoms with van der Waals surface area (Å²) in [4.78, 5) is 7.95. The topological polar surface area (TPSA) is 42.2 Å². The fraction of sp³-hybridized carbons (Fsp3) is 0.727. The van der Waals surface area contributed by atoms with Crippen molar-refractivity contribution in [1.82, 2.24) is 9.88 Å². The fourth-order valence-electron chi connectivity index (χ4n) is 2.03. The van der Waals surface area contributed by atoms with Crippen molar-refractivity contribution >= 4 is 28.9 Å². The van der Waals surface area contributed by atoms with Crippen LogP contribution < -0.4 is 5.73 Å². The molecule has 16 heavy (non-hydrogen) atoms. The Hall–Kier alpha value is -0.320. The lowest BCUT2D eigenvalue weighted by Crippen LogP contribution is -2.43. The molecule has 0 amide bonds. The van der Waals surface area contributed by atoms with Crippen molar-refractivity contribution < 1.29 is 0 Å². The van der Waals surface area contributed by atoms with E-state index < -0.39 is 0 Å². The average Bonchev–Trinajstić information content (AvgIpc) is 2.47. The maximum atomic E-state index is 5.64. The number of hydrogen-bond donors (Lipinski definition) is 1. The molecule has 0 aliphatic heterocycles. The lowest BCUT2D eigenvalue weighted by atomic mass is 9.90. The Balaban J connectivity index is 0.00000128. The third-order valence-corrected chi connectivity index (χ3v) is 3.93. The maximum absolute atomic E-state index is 5.64. The Kier molecular flexibility index (Phi) is 5.02. The summed E-state index contributed by atoms with van der Waals surface area (Å²) in [6, 6.07) is 1.40. The molecular formula is C11H20ClN3S. The van der Waals surface area contributed by atoms with Crippen LogP contribution in [-0.2, 0) is 6.54 Å². The monoisotopic (exact) mass is 261 g/mol. The van der Waals surface area contributed by atoms with Gasteiger partial charge in [0.05, 0.1) is 0 Å². The first-order valence-corrected chi connectivity index (χ1v) is 6.44. The molecule has 1 fully saturated rings. The molecule has 1 heterocycles. The quantitative estimate of drug-likeness (QED) is 0.906. The van der Waals surface area contributed by atoms with Crippen LogP contribution in [0, 0.1) is 0 Å². The third kappa shape index (κ3) is 3.09. The molecule has 0 atom stereocenters. The molecule has 1 aliphatic carbocycles. The zero-order valence-electron chi connectivity index (χ0n) is 9.85. The molecule has 1 aliphatic rings. The fourth-order valence-corrected chi connectivity index (χ4v) is 2.72. The molecule has 0 spiro atoms. The van der Waals surface area contributed by atoms with Crippen molar-refractivity contribution in [1.29, 1.82) is 0 Å².